The maximum Gasteiger partial charge on any atom is 0.105 e. The molecule has 0 aliphatic heterocycles. The van der Waals surface area contributed by atoms with Gasteiger partial charge in [-0.25, -0.2) is 0 Å². The molecule has 4 N–H and O–H groups in total. The van der Waals surface area contributed by atoms with Crippen LogP contribution in [0.2, 0.25) is 0 Å². The summed E-state index contributed by atoms with van der Waals surface area (Å²) in [6.07, 6.45) is 0.651. The van der Waals surface area contributed by atoms with E-state index < -0.39 is 5.00 Å². The average Bonchev–Trinajstić information content (AvgIpc) is 1.64. The molecule has 0 radical (unpaired) electrons. The molecule has 0 aromatic carbocycles. The van der Waals surface area contributed by atoms with E-state index in [9.17, 15) is 0 Å². The fraction of sp³-hybridized carbons (Fsp3) is 1.00. The van der Waals surface area contributed by atoms with Crippen LogP contribution in [0.4, 0.5) is 0 Å². The van der Waals surface area contributed by atoms with Crippen LogP contribution in [-0.2, 0) is 21.1 Å². The smallest absolute Gasteiger partial charge is 0.105 e. The summed E-state index contributed by atoms with van der Waals surface area (Å²) in [5.74, 6) is 0. The van der Waals surface area contributed by atoms with Gasteiger partial charge in [-0.2, -0.15) is 0 Å². The van der Waals surface area contributed by atoms with E-state index >= 15 is 0 Å². The Hall–Kier alpha value is 1.19. The van der Waals surface area contributed by atoms with E-state index in [0.29, 0.717) is 13.0 Å². The van der Waals surface area contributed by atoms with Crippen LogP contribution in [0.1, 0.15) is 13.3 Å². The predicted octanol–water partition coefficient (Wildman–Crippen LogP) is 0.854. The molecule has 0 spiro atoms. The Morgan fingerprint density at radius 3 is 2.10 bits per heavy atom. The van der Waals surface area contributed by atoms with Crippen molar-refractivity contribution in [3.05, 3.63) is 0 Å². The molecule has 0 saturated carbocycles. The zero-order chi connectivity index (χ0) is 7.49. The number of hydrogen-bond donors (Lipinski definition) is 2. The minimum atomic E-state index is -0.832. The van der Waals surface area contributed by atoms with Gasteiger partial charge >= 0.3 is 0 Å². The minimum Gasteiger partial charge on any atom is -0.330 e. The molecule has 10 heavy (non-hydrogen) atoms. The number of nitrogens with two attached hydrogens (primary N) is 2. The summed E-state index contributed by atoms with van der Waals surface area (Å²) in [5, 5.41) is -0.246. The van der Waals surface area contributed by atoms with E-state index in [1.54, 1.807) is 6.92 Å². The van der Waals surface area contributed by atoms with Gasteiger partial charge < -0.3 is 11.5 Å². The molecule has 5 heteroatoms. The molecule has 2 unspecified atom stereocenters. The first-order valence-corrected chi connectivity index (χ1v) is 3.62. The van der Waals surface area contributed by atoms with Gasteiger partial charge in [0.15, 0.2) is 0 Å². The first-order chi connectivity index (χ1) is 3.98. The molecule has 0 bridgehead atoms. The van der Waals surface area contributed by atoms with Crippen LogP contribution in [0.3, 0.4) is 0 Å². The Kier molecular flexibility index (Phi) is 7.96. The van der Waals surface area contributed by atoms with Crippen molar-refractivity contribution in [3.63, 3.8) is 0 Å². The SMILES string of the molecule is CC(N)(Cl)C(Cl)CCN.[Pt]. The van der Waals surface area contributed by atoms with Gasteiger partial charge in [0.05, 0.1) is 5.38 Å². The molecule has 0 heterocycles. The normalized spacial score (nSPS) is 18.9. The van der Waals surface area contributed by atoms with Gasteiger partial charge in [0.2, 0.25) is 0 Å². The molecule has 2 atom stereocenters. The van der Waals surface area contributed by atoms with E-state index in [1.807, 2.05) is 0 Å². The molecular formula is C5H12Cl2N2Pt. The molecule has 0 aromatic rings. The average molecular weight is 366 g/mol. The maximum absolute atomic E-state index is 5.72. The minimum absolute atomic E-state index is 0. The van der Waals surface area contributed by atoms with Gasteiger partial charge in [0, 0.05) is 21.1 Å². The third-order valence-corrected chi connectivity index (χ3v) is 2.08. The van der Waals surface area contributed by atoms with Crippen molar-refractivity contribution in [1.82, 2.24) is 0 Å². The number of rotatable bonds is 3. The van der Waals surface area contributed by atoms with Crippen molar-refractivity contribution >= 4 is 23.2 Å². The zero-order valence-electron chi connectivity index (χ0n) is 5.72. The summed E-state index contributed by atoms with van der Waals surface area (Å²) in [5.41, 5.74) is 10.7. The Morgan fingerprint density at radius 1 is 1.60 bits per heavy atom. The van der Waals surface area contributed by atoms with Gasteiger partial charge in [-0.05, 0) is 19.9 Å². The van der Waals surface area contributed by atoms with Crippen LogP contribution in [0, 0.1) is 0 Å². The maximum atomic E-state index is 5.72. The second kappa shape index (κ2) is 5.79. The van der Waals surface area contributed by atoms with E-state index in [0.717, 1.165) is 0 Å². The van der Waals surface area contributed by atoms with Gasteiger partial charge in [-0.1, -0.05) is 0 Å². The second-order valence-corrected chi connectivity index (χ2v) is 3.54. The van der Waals surface area contributed by atoms with Crippen molar-refractivity contribution in [1.29, 1.82) is 0 Å². The summed E-state index contributed by atoms with van der Waals surface area (Å²) in [7, 11) is 0. The van der Waals surface area contributed by atoms with E-state index in [4.69, 9.17) is 34.7 Å². The number of hydrogen-bond acceptors (Lipinski definition) is 2. The van der Waals surface area contributed by atoms with Crippen molar-refractivity contribution in [2.75, 3.05) is 6.54 Å². The fourth-order valence-electron chi connectivity index (χ4n) is 0.429. The van der Waals surface area contributed by atoms with E-state index in [-0.39, 0.29) is 26.4 Å². The summed E-state index contributed by atoms with van der Waals surface area (Å²) in [4.78, 5) is -0.832. The van der Waals surface area contributed by atoms with Gasteiger partial charge in [-0.3, -0.25) is 0 Å². The van der Waals surface area contributed by atoms with Crippen molar-refractivity contribution in [2.45, 2.75) is 23.7 Å². The number of alkyl halides is 2. The molecule has 0 aliphatic carbocycles. The quantitative estimate of drug-likeness (QED) is 0.575. The first-order valence-electron chi connectivity index (χ1n) is 2.80. The van der Waals surface area contributed by atoms with Crippen LogP contribution in [0.5, 0.6) is 0 Å². The topological polar surface area (TPSA) is 52.0 Å². The van der Waals surface area contributed by atoms with Crippen LogP contribution >= 0.6 is 23.2 Å². The van der Waals surface area contributed by atoms with Crippen molar-refractivity contribution in [2.24, 2.45) is 11.5 Å². The summed E-state index contributed by atoms with van der Waals surface area (Å²) < 4.78 is 0. The summed E-state index contributed by atoms with van der Waals surface area (Å²) >= 11 is 11.4. The summed E-state index contributed by atoms with van der Waals surface area (Å²) in [6, 6.07) is 0. The molecule has 0 aliphatic rings. The third-order valence-electron chi connectivity index (χ3n) is 1.03. The third kappa shape index (κ3) is 5.93. The predicted molar refractivity (Wildman–Crippen MR) is 41.8 cm³/mol. The molecular weight excluding hydrogens is 354 g/mol. The van der Waals surface area contributed by atoms with Crippen molar-refractivity contribution in [3.8, 4) is 0 Å². The van der Waals surface area contributed by atoms with E-state index in [2.05, 4.69) is 0 Å². The van der Waals surface area contributed by atoms with Crippen LogP contribution in [-0.4, -0.2) is 16.9 Å². The molecule has 0 amide bonds. The summed E-state index contributed by atoms with van der Waals surface area (Å²) in [6.45, 7) is 2.19. The number of halogens is 2. The Balaban J connectivity index is 0. The monoisotopic (exact) mass is 365 g/mol. The van der Waals surface area contributed by atoms with Crippen LogP contribution < -0.4 is 11.5 Å². The Morgan fingerprint density at radius 2 is 2.00 bits per heavy atom. The first kappa shape index (κ1) is 13.8. The largest absolute Gasteiger partial charge is 0.330 e. The molecule has 0 aromatic heterocycles. The standard InChI is InChI=1S/C5H12Cl2N2.Pt/c1-5(7,9)4(6)2-3-8;/h4H,2-3,8-9H2,1H3;. The molecule has 0 rings (SSSR count). The molecule has 2 nitrogen and oxygen atoms in total. The van der Waals surface area contributed by atoms with Crippen molar-refractivity contribution < 1.29 is 21.1 Å². The van der Waals surface area contributed by atoms with Crippen LogP contribution in [0.15, 0.2) is 0 Å². The second-order valence-electron chi connectivity index (χ2n) is 2.20. The Labute approximate surface area is 85.9 Å². The van der Waals surface area contributed by atoms with E-state index in [1.165, 1.54) is 0 Å². The van der Waals surface area contributed by atoms with Gasteiger partial charge in [0.25, 0.3) is 0 Å². The van der Waals surface area contributed by atoms with Gasteiger partial charge in [-0.15, -0.1) is 23.2 Å². The zero-order valence-corrected chi connectivity index (χ0v) is 9.50. The fourth-order valence-corrected chi connectivity index (χ4v) is 0.664. The molecule has 66 valence electrons. The van der Waals surface area contributed by atoms with Crippen LogP contribution in [0.25, 0.3) is 0 Å². The molecule has 0 saturated heterocycles. The molecule has 0 fully saturated rings. The van der Waals surface area contributed by atoms with Gasteiger partial charge in [0.1, 0.15) is 5.00 Å². The Bertz CT molecular complexity index is 84.2.